The van der Waals surface area contributed by atoms with Gasteiger partial charge in [-0.3, -0.25) is 9.59 Å². The van der Waals surface area contributed by atoms with Crippen molar-refractivity contribution >= 4 is 35.0 Å². The zero-order valence-corrected chi connectivity index (χ0v) is 21.1. The maximum Gasteiger partial charge on any atom is 0.258 e. The van der Waals surface area contributed by atoms with Crippen LogP contribution < -0.4 is 20.1 Å². The van der Waals surface area contributed by atoms with Crippen LogP contribution in [-0.4, -0.2) is 36.8 Å². The third-order valence-electron chi connectivity index (χ3n) is 5.31. The van der Waals surface area contributed by atoms with Crippen molar-refractivity contribution in [2.45, 2.75) is 32.7 Å². The Morgan fingerprint density at radius 1 is 0.824 bits per heavy atom. The Kier molecular flexibility index (Phi) is 8.17. The van der Waals surface area contributed by atoms with E-state index in [9.17, 15) is 9.59 Å². The summed E-state index contributed by atoms with van der Waals surface area (Å²) in [6.45, 7) is 7.77. The van der Waals surface area contributed by atoms with E-state index in [0.717, 1.165) is 28.1 Å². The molecule has 0 atom stereocenters. The summed E-state index contributed by atoms with van der Waals surface area (Å²) >= 11 is 1.22. The van der Waals surface area contributed by atoms with Gasteiger partial charge in [0.25, 0.3) is 5.91 Å². The number of aromatic nitrogens is 1. The van der Waals surface area contributed by atoms with Gasteiger partial charge in [0.1, 0.15) is 5.03 Å². The van der Waals surface area contributed by atoms with E-state index in [0.29, 0.717) is 27.8 Å². The maximum absolute atomic E-state index is 13.1. The lowest BCUT2D eigenvalue weighted by atomic mass is 10.1. The van der Waals surface area contributed by atoms with Gasteiger partial charge in [-0.05, 0) is 74.7 Å². The first-order valence-corrected chi connectivity index (χ1v) is 11.7. The second kappa shape index (κ2) is 11.1. The van der Waals surface area contributed by atoms with Gasteiger partial charge in [-0.2, -0.15) is 0 Å². The standard InChI is InChI=1S/C26H29N3O4S/c1-15-7-8-19(12-16(15)2)29-25(31)24-17(3)11-18(4)27-26(24)34-14-23(30)28-20-9-10-21(32-5)22(13-20)33-6/h7-13H,14H2,1-6H3,(H,28,30)(H,29,31). The number of anilines is 2. The van der Waals surface area contributed by atoms with Gasteiger partial charge in [-0.25, -0.2) is 4.98 Å². The lowest BCUT2D eigenvalue weighted by molar-refractivity contribution is -0.113. The monoisotopic (exact) mass is 479 g/mol. The van der Waals surface area contributed by atoms with Crippen LogP contribution in [0.1, 0.15) is 32.7 Å². The number of hydrogen-bond acceptors (Lipinski definition) is 6. The van der Waals surface area contributed by atoms with Crippen LogP contribution >= 0.6 is 11.8 Å². The number of amides is 2. The van der Waals surface area contributed by atoms with E-state index in [1.165, 1.54) is 18.9 Å². The molecule has 0 aliphatic carbocycles. The summed E-state index contributed by atoms with van der Waals surface area (Å²) in [5, 5.41) is 6.32. The van der Waals surface area contributed by atoms with Gasteiger partial charge in [0, 0.05) is 23.1 Å². The molecule has 0 aliphatic rings. The zero-order chi connectivity index (χ0) is 24.8. The number of nitrogens with one attached hydrogen (secondary N) is 2. The SMILES string of the molecule is COc1ccc(NC(=O)CSc2nc(C)cc(C)c2C(=O)Nc2ccc(C)c(C)c2)cc1OC. The Hall–Kier alpha value is -3.52. The highest BCUT2D eigenvalue weighted by Crippen LogP contribution is 2.30. The molecule has 0 saturated carbocycles. The fraction of sp³-hybridized carbons (Fsp3) is 0.269. The number of hydrogen-bond donors (Lipinski definition) is 2. The molecule has 3 aromatic rings. The third-order valence-corrected chi connectivity index (χ3v) is 6.29. The van der Waals surface area contributed by atoms with Crippen LogP contribution in [0.3, 0.4) is 0 Å². The molecule has 3 rings (SSSR count). The Balaban J connectivity index is 1.75. The molecule has 1 aromatic heterocycles. The summed E-state index contributed by atoms with van der Waals surface area (Å²) in [6, 6.07) is 12.8. The molecular formula is C26H29N3O4S. The quantitative estimate of drug-likeness (QED) is 0.425. The normalized spacial score (nSPS) is 10.5. The Morgan fingerprint density at radius 2 is 1.50 bits per heavy atom. The molecule has 0 radical (unpaired) electrons. The van der Waals surface area contributed by atoms with Gasteiger partial charge in [0.05, 0.1) is 25.5 Å². The molecule has 2 aromatic carbocycles. The van der Waals surface area contributed by atoms with E-state index in [2.05, 4.69) is 15.6 Å². The number of nitrogens with zero attached hydrogens (tertiary/aromatic N) is 1. The fourth-order valence-corrected chi connectivity index (χ4v) is 4.39. The van der Waals surface area contributed by atoms with Crippen LogP contribution in [0.2, 0.25) is 0 Å². The van der Waals surface area contributed by atoms with Crippen molar-refractivity contribution in [1.82, 2.24) is 4.98 Å². The third kappa shape index (κ3) is 6.08. The van der Waals surface area contributed by atoms with Crippen molar-refractivity contribution in [3.05, 3.63) is 70.4 Å². The van der Waals surface area contributed by atoms with Crippen molar-refractivity contribution in [3.63, 3.8) is 0 Å². The lowest BCUT2D eigenvalue weighted by Crippen LogP contribution is -2.18. The average Bonchev–Trinajstić information content (AvgIpc) is 2.79. The highest BCUT2D eigenvalue weighted by atomic mass is 32.2. The van der Waals surface area contributed by atoms with Crippen LogP contribution in [0, 0.1) is 27.7 Å². The predicted molar refractivity (Wildman–Crippen MR) is 136 cm³/mol. The van der Waals surface area contributed by atoms with Gasteiger partial charge >= 0.3 is 0 Å². The maximum atomic E-state index is 13.1. The van der Waals surface area contributed by atoms with Gasteiger partial charge in [-0.1, -0.05) is 17.8 Å². The molecular weight excluding hydrogens is 450 g/mol. The number of thioether (sulfide) groups is 1. The molecule has 178 valence electrons. The van der Waals surface area contributed by atoms with Gasteiger partial charge in [0.2, 0.25) is 5.91 Å². The molecule has 0 aliphatic heterocycles. The zero-order valence-electron chi connectivity index (χ0n) is 20.2. The Morgan fingerprint density at radius 3 is 2.18 bits per heavy atom. The Bertz CT molecular complexity index is 1230. The molecule has 8 heteroatoms. The minimum absolute atomic E-state index is 0.0914. The molecule has 0 spiro atoms. The second-order valence-corrected chi connectivity index (χ2v) is 8.88. The number of ether oxygens (including phenoxy) is 2. The molecule has 0 unspecified atom stereocenters. The molecule has 34 heavy (non-hydrogen) atoms. The predicted octanol–water partition coefficient (Wildman–Crippen LogP) is 5.32. The number of methoxy groups -OCH3 is 2. The second-order valence-electron chi connectivity index (χ2n) is 7.92. The van der Waals surface area contributed by atoms with E-state index in [1.54, 1.807) is 25.3 Å². The number of rotatable bonds is 8. The minimum Gasteiger partial charge on any atom is -0.493 e. The van der Waals surface area contributed by atoms with Gasteiger partial charge in [0.15, 0.2) is 11.5 Å². The summed E-state index contributed by atoms with van der Waals surface area (Å²) in [5.41, 5.74) is 5.60. The van der Waals surface area contributed by atoms with Crippen molar-refractivity contribution in [2.24, 2.45) is 0 Å². The van der Waals surface area contributed by atoms with Crippen molar-refractivity contribution in [1.29, 1.82) is 0 Å². The van der Waals surface area contributed by atoms with Crippen LogP contribution in [0.25, 0.3) is 0 Å². The molecule has 2 amide bonds. The molecule has 0 bridgehead atoms. The van der Waals surface area contributed by atoms with Crippen LogP contribution in [0.4, 0.5) is 11.4 Å². The lowest BCUT2D eigenvalue weighted by Gasteiger charge is -2.14. The van der Waals surface area contributed by atoms with Crippen molar-refractivity contribution in [3.8, 4) is 11.5 Å². The topological polar surface area (TPSA) is 89.5 Å². The van der Waals surface area contributed by atoms with Crippen molar-refractivity contribution < 1.29 is 19.1 Å². The fourth-order valence-electron chi connectivity index (χ4n) is 3.44. The first-order chi connectivity index (χ1) is 16.2. The van der Waals surface area contributed by atoms with Crippen LogP contribution in [-0.2, 0) is 4.79 Å². The first kappa shape index (κ1) is 25.1. The first-order valence-electron chi connectivity index (χ1n) is 10.7. The molecule has 1 heterocycles. The summed E-state index contributed by atoms with van der Waals surface area (Å²) in [7, 11) is 3.09. The van der Waals surface area contributed by atoms with E-state index >= 15 is 0 Å². The number of pyridine rings is 1. The largest absolute Gasteiger partial charge is 0.493 e. The van der Waals surface area contributed by atoms with Crippen LogP contribution in [0.5, 0.6) is 11.5 Å². The molecule has 7 nitrogen and oxygen atoms in total. The summed E-state index contributed by atoms with van der Waals surface area (Å²) < 4.78 is 10.5. The average molecular weight is 480 g/mol. The van der Waals surface area contributed by atoms with E-state index in [-0.39, 0.29) is 17.6 Å². The van der Waals surface area contributed by atoms with Gasteiger partial charge < -0.3 is 20.1 Å². The summed E-state index contributed by atoms with van der Waals surface area (Å²) in [5.74, 6) is 0.714. The number of aryl methyl sites for hydroxylation is 4. The molecule has 2 N–H and O–H groups in total. The Labute approximate surface area is 204 Å². The van der Waals surface area contributed by atoms with Gasteiger partial charge in [-0.15, -0.1) is 0 Å². The van der Waals surface area contributed by atoms with Crippen LogP contribution in [0.15, 0.2) is 47.5 Å². The number of carbonyl (C=O) groups is 2. The van der Waals surface area contributed by atoms with E-state index in [4.69, 9.17) is 9.47 Å². The van der Waals surface area contributed by atoms with Crippen molar-refractivity contribution in [2.75, 3.05) is 30.6 Å². The number of benzene rings is 2. The number of carbonyl (C=O) groups excluding carboxylic acids is 2. The smallest absolute Gasteiger partial charge is 0.258 e. The summed E-state index contributed by atoms with van der Waals surface area (Å²) in [6.07, 6.45) is 0. The minimum atomic E-state index is -0.254. The molecule has 0 fully saturated rings. The summed E-state index contributed by atoms with van der Waals surface area (Å²) in [4.78, 5) is 30.3. The molecule has 0 saturated heterocycles. The highest BCUT2D eigenvalue weighted by Gasteiger charge is 2.19. The van der Waals surface area contributed by atoms with E-state index < -0.39 is 0 Å². The highest BCUT2D eigenvalue weighted by molar-refractivity contribution is 8.00. The van der Waals surface area contributed by atoms with E-state index in [1.807, 2.05) is 52.0 Å².